The van der Waals surface area contributed by atoms with Gasteiger partial charge in [-0.25, -0.2) is 0 Å². The fourth-order valence-corrected chi connectivity index (χ4v) is 2.07. The van der Waals surface area contributed by atoms with Crippen molar-refractivity contribution in [2.24, 2.45) is 4.99 Å². The van der Waals surface area contributed by atoms with E-state index in [1.807, 2.05) is 0 Å². The van der Waals surface area contributed by atoms with Crippen LogP contribution in [-0.4, -0.2) is 43.0 Å². The summed E-state index contributed by atoms with van der Waals surface area (Å²) in [6, 6.07) is 0.896. The molecular formula is C11H21N3. The van der Waals surface area contributed by atoms with E-state index in [4.69, 9.17) is 0 Å². The molecule has 14 heavy (non-hydrogen) atoms. The Bertz CT molecular complexity index is 209. The van der Waals surface area contributed by atoms with Crippen LogP contribution in [0.15, 0.2) is 4.99 Å². The molecule has 0 amide bonds. The van der Waals surface area contributed by atoms with Crippen LogP contribution < -0.4 is 5.32 Å². The third kappa shape index (κ3) is 2.71. The quantitative estimate of drug-likeness (QED) is 0.715. The summed E-state index contributed by atoms with van der Waals surface area (Å²) >= 11 is 0. The third-order valence-electron chi connectivity index (χ3n) is 3.07. The predicted octanol–water partition coefficient (Wildman–Crippen LogP) is 1.25. The molecule has 3 heteroatoms. The molecule has 1 aliphatic heterocycles. The Kier molecular flexibility index (Phi) is 3.40. The first-order chi connectivity index (χ1) is 6.90. The van der Waals surface area contributed by atoms with Gasteiger partial charge in [0.25, 0.3) is 0 Å². The molecule has 2 aliphatic rings. The van der Waals surface area contributed by atoms with Crippen LogP contribution in [0.25, 0.3) is 0 Å². The van der Waals surface area contributed by atoms with Crippen LogP contribution in [0.5, 0.6) is 0 Å². The minimum atomic E-state index is 0.896. The van der Waals surface area contributed by atoms with Crippen molar-refractivity contribution < 1.29 is 0 Å². The molecule has 0 aromatic rings. The number of hydrogen-bond donors (Lipinski definition) is 1. The number of likely N-dealkylation sites (N-methyl/N-ethyl adjacent to an activating group) is 1. The van der Waals surface area contributed by atoms with Gasteiger partial charge in [0, 0.05) is 32.1 Å². The molecule has 1 N–H and O–H groups in total. The first-order valence-corrected chi connectivity index (χ1v) is 5.91. The summed E-state index contributed by atoms with van der Waals surface area (Å²) in [5.41, 5.74) is 0. The zero-order valence-electron chi connectivity index (χ0n) is 9.13. The molecule has 1 heterocycles. The molecular weight excluding hydrogens is 174 g/mol. The molecule has 0 bridgehead atoms. The third-order valence-corrected chi connectivity index (χ3v) is 3.07. The van der Waals surface area contributed by atoms with Gasteiger partial charge in [0.05, 0.1) is 5.84 Å². The number of nitrogens with one attached hydrogen (secondary N) is 1. The zero-order valence-corrected chi connectivity index (χ0v) is 9.13. The minimum Gasteiger partial charge on any atom is -0.373 e. The summed E-state index contributed by atoms with van der Waals surface area (Å²) in [4.78, 5) is 6.98. The molecule has 3 nitrogen and oxygen atoms in total. The summed E-state index contributed by atoms with van der Waals surface area (Å²) in [5, 5.41) is 3.44. The van der Waals surface area contributed by atoms with Crippen LogP contribution in [0.2, 0.25) is 0 Å². The highest BCUT2D eigenvalue weighted by Gasteiger charge is 2.27. The van der Waals surface area contributed by atoms with E-state index in [-0.39, 0.29) is 0 Å². The van der Waals surface area contributed by atoms with Gasteiger partial charge in [0.1, 0.15) is 0 Å². The molecule has 2 rings (SSSR count). The topological polar surface area (TPSA) is 27.6 Å². The van der Waals surface area contributed by atoms with Crippen LogP contribution in [-0.2, 0) is 0 Å². The van der Waals surface area contributed by atoms with Gasteiger partial charge in [0.15, 0.2) is 0 Å². The monoisotopic (exact) mass is 195 g/mol. The van der Waals surface area contributed by atoms with Crippen molar-refractivity contribution in [3.63, 3.8) is 0 Å². The molecule has 0 unspecified atom stereocenters. The van der Waals surface area contributed by atoms with E-state index in [0.717, 1.165) is 25.6 Å². The van der Waals surface area contributed by atoms with Gasteiger partial charge in [-0.2, -0.15) is 0 Å². The van der Waals surface area contributed by atoms with Crippen LogP contribution >= 0.6 is 0 Å². The first kappa shape index (κ1) is 9.97. The molecule has 0 saturated heterocycles. The summed E-state index contributed by atoms with van der Waals surface area (Å²) in [6.45, 7) is 6.73. The van der Waals surface area contributed by atoms with Gasteiger partial charge in [-0.05, 0) is 25.8 Å². The Morgan fingerprint density at radius 3 is 2.93 bits per heavy atom. The minimum absolute atomic E-state index is 0.896. The Balaban J connectivity index is 1.60. The molecule has 1 aliphatic carbocycles. The largest absolute Gasteiger partial charge is 0.373 e. The Labute approximate surface area is 86.6 Å². The van der Waals surface area contributed by atoms with Gasteiger partial charge in [-0.15, -0.1) is 0 Å². The van der Waals surface area contributed by atoms with E-state index < -0.39 is 0 Å². The molecule has 1 fully saturated rings. The van der Waals surface area contributed by atoms with Crippen LogP contribution in [0.4, 0.5) is 0 Å². The lowest BCUT2D eigenvalue weighted by Gasteiger charge is -2.19. The fourth-order valence-electron chi connectivity index (χ4n) is 2.07. The van der Waals surface area contributed by atoms with Crippen molar-refractivity contribution in [3.05, 3.63) is 0 Å². The Morgan fingerprint density at radius 1 is 1.50 bits per heavy atom. The maximum atomic E-state index is 4.41. The molecule has 0 radical (unpaired) electrons. The van der Waals surface area contributed by atoms with Crippen molar-refractivity contribution in [2.45, 2.75) is 38.6 Å². The van der Waals surface area contributed by atoms with Crippen LogP contribution in [0.3, 0.4) is 0 Å². The highest BCUT2D eigenvalue weighted by molar-refractivity contribution is 5.83. The second-order valence-electron chi connectivity index (χ2n) is 4.22. The van der Waals surface area contributed by atoms with Crippen molar-refractivity contribution in [3.8, 4) is 0 Å². The standard InChI is InChI=1S/C11H21N3/c1-2-14(10-5-6-10)9-8-13-11-4-3-7-12-11/h10H,2-9H2,1H3,(H,12,13). The van der Waals surface area contributed by atoms with Crippen molar-refractivity contribution in [1.82, 2.24) is 10.2 Å². The molecule has 0 atom stereocenters. The highest BCUT2D eigenvalue weighted by atomic mass is 15.2. The summed E-state index contributed by atoms with van der Waals surface area (Å²) in [5.74, 6) is 1.23. The highest BCUT2D eigenvalue weighted by Crippen LogP contribution is 2.25. The normalized spacial score (nSPS) is 21.4. The second kappa shape index (κ2) is 4.78. The predicted molar refractivity (Wildman–Crippen MR) is 59.8 cm³/mol. The van der Waals surface area contributed by atoms with Gasteiger partial charge >= 0.3 is 0 Å². The summed E-state index contributed by atoms with van der Waals surface area (Å²) in [7, 11) is 0. The maximum Gasteiger partial charge on any atom is 0.0964 e. The average molecular weight is 195 g/mol. The van der Waals surface area contributed by atoms with Gasteiger partial charge in [-0.3, -0.25) is 9.89 Å². The summed E-state index contributed by atoms with van der Waals surface area (Å²) in [6.07, 6.45) is 5.22. The number of amidine groups is 1. The lowest BCUT2D eigenvalue weighted by Crippen LogP contribution is -2.35. The van der Waals surface area contributed by atoms with Crippen molar-refractivity contribution >= 4 is 5.84 Å². The molecule has 0 aromatic heterocycles. The van der Waals surface area contributed by atoms with Gasteiger partial charge in [-0.1, -0.05) is 6.92 Å². The van der Waals surface area contributed by atoms with E-state index >= 15 is 0 Å². The fraction of sp³-hybridized carbons (Fsp3) is 0.909. The average Bonchev–Trinajstić information content (AvgIpc) is 2.91. The van der Waals surface area contributed by atoms with Crippen LogP contribution in [0.1, 0.15) is 32.6 Å². The lowest BCUT2D eigenvalue weighted by molar-refractivity contribution is 0.282. The SMILES string of the molecule is CCN(CCNC1=NCCC1)C1CC1. The van der Waals surface area contributed by atoms with E-state index in [9.17, 15) is 0 Å². The number of aliphatic imine (C=N–C) groups is 1. The second-order valence-corrected chi connectivity index (χ2v) is 4.22. The Morgan fingerprint density at radius 2 is 2.36 bits per heavy atom. The van der Waals surface area contributed by atoms with E-state index in [0.29, 0.717) is 0 Å². The van der Waals surface area contributed by atoms with Crippen molar-refractivity contribution in [2.75, 3.05) is 26.2 Å². The zero-order chi connectivity index (χ0) is 9.80. The number of nitrogens with zero attached hydrogens (tertiary/aromatic N) is 2. The maximum absolute atomic E-state index is 4.41. The van der Waals surface area contributed by atoms with Crippen LogP contribution in [0, 0.1) is 0 Å². The molecule has 1 saturated carbocycles. The first-order valence-electron chi connectivity index (χ1n) is 5.91. The molecule has 80 valence electrons. The smallest absolute Gasteiger partial charge is 0.0964 e. The molecule has 0 aromatic carbocycles. The van der Waals surface area contributed by atoms with E-state index in [2.05, 4.69) is 22.1 Å². The van der Waals surface area contributed by atoms with Crippen molar-refractivity contribution in [1.29, 1.82) is 0 Å². The Hall–Kier alpha value is -0.570. The van der Waals surface area contributed by atoms with Gasteiger partial charge in [0.2, 0.25) is 0 Å². The van der Waals surface area contributed by atoms with E-state index in [1.165, 1.54) is 38.2 Å². The number of rotatable bonds is 5. The van der Waals surface area contributed by atoms with E-state index in [1.54, 1.807) is 0 Å². The number of hydrogen-bond acceptors (Lipinski definition) is 3. The molecule has 0 spiro atoms. The van der Waals surface area contributed by atoms with Gasteiger partial charge < -0.3 is 5.32 Å². The lowest BCUT2D eigenvalue weighted by atomic mass is 10.3. The summed E-state index contributed by atoms with van der Waals surface area (Å²) < 4.78 is 0.